The molecule has 4 rings (SSSR count). The lowest BCUT2D eigenvalue weighted by molar-refractivity contribution is 0.815. The minimum atomic E-state index is 0.0731. The molecule has 0 aliphatic carbocycles. The van der Waals surface area contributed by atoms with Gasteiger partial charge in [-0.15, -0.1) is 0 Å². The van der Waals surface area contributed by atoms with Crippen LogP contribution in [0.5, 0.6) is 0 Å². The van der Waals surface area contributed by atoms with E-state index in [0.29, 0.717) is 37.5 Å². The van der Waals surface area contributed by atoms with Gasteiger partial charge in [0.25, 0.3) is 0 Å². The third-order valence-corrected chi connectivity index (χ3v) is 5.38. The molecule has 14 heteroatoms. The monoisotopic (exact) mass is 467 g/mol. The topological polar surface area (TPSA) is 198 Å². The van der Waals surface area contributed by atoms with E-state index in [0.717, 1.165) is 23.4 Å². The lowest BCUT2D eigenvalue weighted by Crippen LogP contribution is -2.24. The molecule has 4 aromatic rings. The number of rotatable bonds is 10. The van der Waals surface area contributed by atoms with Crippen molar-refractivity contribution >= 4 is 47.0 Å². The quantitative estimate of drug-likeness (QED) is 0.194. The van der Waals surface area contributed by atoms with Crippen molar-refractivity contribution in [2.24, 2.45) is 0 Å². The summed E-state index contributed by atoms with van der Waals surface area (Å²) >= 11 is 1.64. The van der Waals surface area contributed by atoms with Crippen molar-refractivity contribution in [2.75, 3.05) is 46.3 Å². The number of nitrogen functional groups attached to an aromatic ring is 3. The summed E-state index contributed by atoms with van der Waals surface area (Å²) < 4.78 is 0. The average molecular weight is 468 g/mol. The van der Waals surface area contributed by atoms with Crippen molar-refractivity contribution in [1.82, 2.24) is 34.9 Å². The summed E-state index contributed by atoms with van der Waals surface area (Å²) in [4.78, 5) is 30.0. The third kappa shape index (κ3) is 6.16. The zero-order valence-corrected chi connectivity index (χ0v) is 18.8. The number of aromatic amines is 1. The molecule has 0 unspecified atom stereocenters. The number of thiophene rings is 1. The molecule has 0 amide bonds. The lowest BCUT2D eigenvalue weighted by Gasteiger charge is -2.17. The summed E-state index contributed by atoms with van der Waals surface area (Å²) in [5.74, 6) is 1.60. The lowest BCUT2D eigenvalue weighted by atomic mass is 10.3. The molecule has 0 radical (unpaired) electrons. The van der Waals surface area contributed by atoms with Gasteiger partial charge in [0.1, 0.15) is 0 Å². The second-order valence-electron chi connectivity index (χ2n) is 7.21. The Morgan fingerprint density at radius 2 is 1.52 bits per heavy atom. The summed E-state index contributed by atoms with van der Waals surface area (Å²) in [5.41, 5.74) is 20.2. The standard InChI is InChI=1S/C19H25N13S/c1-32(19-30-16(22)29-18(31-19)23-8-11-5-7-33-10-11)6-4-12-2-3-13(25-12)9-24-17-27-14(20)26-15(21)28-17/h2-3,5,7,10,25H,4,6,8-9H2,1H3,(H3,22,23,29,30,31)(H5,20,21,24,26,27,28). The maximum absolute atomic E-state index is 5.89. The first-order valence-corrected chi connectivity index (χ1v) is 11.0. The van der Waals surface area contributed by atoms with E-state index in [4.69, 9.17) is 17.2 Å². The van der Waals surface area contributed by atoms with E-state index >= 15 is 0 Å². The number of nitrogens with one attached hydrogen (secondary N) is 3. The molecule has 0 fully saturated rings. The van der Waals surface area contributed by atoms with Gasteiger partial charge in [-0.3, -0.25) is 0 Å². The SMILES string of the molecule is CN(CCc1ccc(CNc2nc(N)nc(N)n2)[nH]1)c1nc(N)nc(NCc2ccsc2)n1. The van der Waals surface area contributed by atoms with Gasteiger partial charge in [0.05, 0.1) is 6.54 Å². The van der Waals surface area contributed by atoms with Gasteiger partial charge in [0.15, 0.2) is 0 Å². The number of nitrogens with zero attached hydrogens (tertiary/aromatic N) is 7. The van der Waals surface area contributed by atoms with Crippen LogP contribution in [-0.4, -0.2) is 48.5 Å². The van der Waals surface area contributed by atoms with Crippen LogP contribution in [0.15, 0.2) is 29.0 Å². The average Bonchev–Trinajstić information content (AvgIpc) is 3.45. The summed E-state index contributed by atoms with van der Waals surface area (Å²) in [5, 5.41) is 10.4. The number of hydrogen-bond acceptors (Lipinski definition) is 13. The van der Waals surface area contributed by atoms with E-state index < -0.39 is 0 Å². The number of anilines is 6. The van der Waals surface area contributed by atoms with Gasteiger partial charge < -0.3 is 37.7 Å². The minimum Gasteiger partial charge on any atom is -0.368 e. The summed E-state index contributed by atoms with van der Waals surface area (Å²) in [6.07, 6.45) is 0.755. The Balaban J connectivity index is 1.30. The zero-order valence-electron chi connectivity index (χ0n) is 18.0. The van der Waals surface area contributed by atoms with Gasteiger partial charge in [-0.25, -0.2) is 0 Å². The van der Waals surface area contributed by atoms with Crippen molar-refractivity contribution < 1.29 is 0 Å². The minimum absolute atomic E-state index is 0.0731. The van der Waals surface area contributed by atoms with Crippen molar-refractivity contribution in [3.63, 3.8) is 0 Å². The van der Waals surface area contributed by atoms with E-state index in [2.05, 4.69) is 50.9 Å². The summed E-state index contributed by atoms with van der Waals surface area (Å²) in [6, 6.07) is 6.06. The molecule has 0 saturated heterocycles. The second kappa shape index (κ2) is 9.95. The fourth-order valence-corrected chi connectivity index (χ4v) is 3.66. The maximum atomic E-state index is 5.89. The van der Waals surface area contributed by atoms with E-state index in [1.165, 1.54) is 0 Å². The molecule has 172 valence electrons. The number of aromatic nitrogens is 7. The van der Waals surface area contributed by atoms with Crippen molar-refractivity contribution in [1.29, 1.82) is 0 Å². The molecular weight excluding hydrogens is 442 g/mol. The second-order valence-corrected chi connectivity index (χ2v) is 7.99. The zero-order chi connectivity index (χ0) is 23.2. The summed E-state index contributed by atoms with van der Waals surface area (Å²) in [6.45, 7) is 1.79. The molecule has 13 nitrogen and oxygen atoms in total. The van der Waals surface area contributed by atoms with Crippen LogP contribution in [0.2, 0.25) is 0 Å². The molecule has 0 saturated carbocycles. The largest absolute Gasteiger partial charge is 0.368 e. The van der Waals surface area contributed by atoms with Gasteiger partial charge >= 0.3 is 0 Å². The van der Waals surface area contributed by atoms with Crippen LogP contribution in [-0.2, 0) is 19.5 Å². The van der Waals surface area contributed by atoms with Crippen LogP contribution in [0.4, 0.5) is 35.7 Å². The Morgan fingerprint density at radius 3 is 2.24 bits per heavy atom. The van der Waals surface area contributed by atoms with E-state index in [9.17, 15) is 0 Å². The van der Waals surface area contributed by atoms with Crippen LogP contribution < -0.4 is 32.7 Å². The van der Waals surface area contributed by atoms with Gasteiger partial charge in [0.2, 0.25) is 35.7 Å². The first-order chi connectivity index (χ1) is 15.9. The Morgan fingerprint density at radius 1 is 0.848 bits per heavy atom. The third-order valence-electron chi connectivity index (χ3n) is 4.64. The van der Waals surface area contributed by atoms with Crippen LogP contribution in [0.25, 0.3) is 0 Å². The molecule has 0 bridgehead atoms. The van der Waals surface area contributed by atoms with Crippen molar-refractivity contribution in [3.8, 4) is 0 Å². The van der Waals surface area contributed by atoms with Crippen molar-refractivity contribution in [2.45, 2.75) is 19.5 Å². The van der Waals surface area contributed by atoms with Crippen LogP contribution in [0.3, 0.4) is 0 Å². The van der Waals surface area contributed by atoms with Gasteiger partial charge in [-0.1, -0.05) is 0 Å². The predicted molar refractivity (Wildman–Crippen MR) is 130 cm³/mol. The molecule has 4 aromatic heterocycles. The van der Waals surface area contributed by atoms with E-state index in [-0.39, 0.29) is 17.8 Å². The van der Waals surface area contributed by atoms with E-state index in [1.807, 2.05) is 35.5 Å². The molecule has 0 atom stereocenters. The molecular formula is C19H25N13S. The molecule has 0 aromatic carbocycles. The van der Waals surface area contributed by atoms with Crippen LogP contribution >= 0.6 is 11.3 Å². The molecule has 0 aliphatic heterocycles. The fourth-order valence-electron chi connectivity index (χ4n) is 3.00. The molecule has 9 N–H and O–H groups in total. The first-order valence-electron chi connectivity index (χ1n) is 10.1. The Bertz CT molecular complexity index is 1170. The highest BCUT2D eigenvalue weighted by molar-refractivity contribution is 7.07. The first kappa shape index (κ1) is 22.0. The van der Waals surface area contributed by atoms with Gasteiger partial charge in [0, 0.05) is 37.9 Å². The highest BCUT2D eigenvalue weighted by Gasteiger charge is 2.10. The molecule has 0 spiro atoms. The fraction of sp³-hybridized carbons (Fsp3) is 0.263. The molecule has 0 aliphatic rings. The van der Waals surface area contributed by atoms with Gasteiger partial charge in [-0.2, -0.15) is 41.2 Å². The van der Waals surface area contributed by atoms with E-state index in [1.54, 1.807) is 11.3 Å². The maximum Gasteiger partial charge on any atom is 0.231 e. The summed E-state index contributed by atoms with van der Waals surface area (Å²) in [7, 11) is 1.92. The Hall–Kier alpha value is -4.20. The van der Waals surface area contributed by atoms with Crippen molar-refractivity contribution in [3.05, 3.63) is 45.9 Å². The molecule has 33 heavy (non-hydrogen) atoms. The number of H-pyrrole nitrogens is 1. The van der Waals surface area contributed by atoms with Gasteiger partial charge in [-0.05, 0) is 34.5 Å². The highest BCUT2D eigenvalue weighted by Crippen LogP contribution is 2.14. The number of likely N-dealkylation sites (N-methyl/N-ethyl adjacent to an activating group) is 1. The number of nitrogens with two attached hydrogens (primary N) is 3. The Labute approximate surface area is 193 Å². The molecule has 4 heterocycles. The normalized spacial score (nSPS) is 10.8. The highest BCUT2D eigenvalue weighted by atomic mass is 32.1. The van der Waals surface area contributed by atoms with Crippen LogP contribution in [0.1, 0.15) is 17.0 Å². The predicted octanol–water partition coefficient (Wildman–Crippen LogP) is 1.10. The Kier molecular flexibility index (Phi) is 6.64. The number of hydrogen-bond donors (Lipinski definition) is 6. The smallest absolute Gasteiger partial charge is 0.231 e. The van der Waals surface area contributed by atoms with Crippen LogP contribution in [0, 0.1) is 0 Å².